The topological polar surface area (TPSA) is 75.9 Å². The van der Waals surface area contributed by atoms with Crippen LogP contribution in [0, 0.1) is 10.8 Å². The Kier molecular flexibility index (Phi) is 5.04. The zero-order chi connectivity index (χ0) is 18.3. The van der Waals surface area contributed by atoms with Gasteiger partial charge in [0.05, 0.1) is 6.10 Å². The van der Waals surface area contributed by atoms with Gasteiger partial charge in [-0.3, -0.25) is 9.59 Å². The molecule has 1 saturated heterocycles. The van der Waals surface area contributed by atoms with Gasteiger partial charge in [-0.15, -0.1) is 0 Å². The first-order valence-electron chi connectivity index (χ1n) is 8.94. The van der Waals surface area contributed by atoms with E-state index in [9.17, 15) is 9.59 Å². The van der Waals surface area contributed by atoms with Crippen LogP contribution in [0.2, 0.25) is 0 Å². The molecule has 24 heavy (non-hydrogen) atoms. The first-order chi connectivity index (χ1) is 10.9. The van der Waals surface area contributed by atoms with E-state index in [1.807, 2.05) is 51.3 Å². The van der Waals surface area contributed by atoms with Crippen molar-refractivity contribution in [1.29, 1.82) is 0 Å². The molecule has 1 aliphatic carbocycles. The normalized spacial score (nSPS) is 30.0. The van der Waals surface area contributed by atoms with Gasteiger partial charge in [-0.2, -0.15) is 0 Å². The van der Waals surface area contributed by atoms with E-state index in [2.05, 4.69) is 0 Å². The minimum atomic E-state index is -0.872. The van der Waals surface area contributed by atoms with Gasteiger partial charge in [0.25, 0.3) is 0 Å². The lowest BCUT2D eigenvalue weighted by Crippen LogP contribution is -2.76. The summed E-state index contributed by atoms with van der Waals surface area (Å²) < 4.78 is 5.71. The van der Waals surface area contributed by atoms with Gasteiger partial charge < -0.3 is 20.3 Å². The molecule has 2 amide bonds. The number of carbonyl (C=O) groups excluding carboxylic acids is 2. The van der Waals surface area contributed by atoms with E-state index in [0.717, 1.165) is 0 Å². The fourth-order valence-electron chi connectivity index (χ4n) is 3.67. The largest absolute Gasteiger partial charge is 0.378 e. The van der Waals surface area contributed by atoms with E-state index in [1.165, 1.54) is 0 Å². The fourth-order valence-corrected chi connectivity index (χ4v) is 3.67. The van der Waals surface area contributed by atoms with E-state index in [4.69, 9.17) is 10.5 Å². The highest BCUT2D eigenvalue weighted by Crippen LogP contribution is 2.50. The first-order valence-corrected chi connectivity index (χ1v) is 8.94. The zero-order valence-electron chi connectivity index (χ0n) is 16.0. The van der Waals surface area contributed by atoms with E-state index in [1.54, 1.807) is 0 Å². The predicted molar refractivity (Wildman–Crippen MR) is 93.3 cm³/mol. The van der Waals surface area contributed by atoms with Crippen LogP contribution >= 0.6 is 0 Å². The molecule has 1 saturated carbocycles. The van der Waals surface area contributed by atoms with Gasteiger partial charge in [-0.05, 0) is 6.92 Å². The molecule has 2 atom stereocenters. The average Bonchev–Trinajstić information content (AvgIpc) is 2.52. The van der Waals surface area contributed by atoms with Crippen molar-refractivity contribution in [2.45, 2.75) is 59.6 Å². The Labute approximate surface area is 145 Å². The van der Waals surface area contributed by atoms with Gasteiger partial charge in [-0.25, -0.2) is 0 Å². The number of rotatable bonds is 3. The second-order valence-corrected chi connectivity index (χ2v) is 8.68. The minimum absolute atomic E-state index is 0.00805. The molecule has 2 aliphatic rings. The standard InChI is InChI=1S/C18H33N3O3/c1-7-24-13-12-18(19,17(13,5)6)15(23)21-10-8-20(9-11-21)14(22)16(2,3)4/h13H,7-12,19H2,1-6H3. The molecular formula is C18H33N3O3. The molecule has 0 aromatic rings. The van der Waals surface area contributed by atoms with Crippen LogP contribution in [0.1, 0.15) is 48.0 Å². The molecule has 1 heterocycles. The van der Waals surface area contributed by atoms with Crippen molar-refractivity contribution in [2.24, 2.45) is 16.6 Å². The molecule has 1 aliphatic heterocycles. The molecule has 2 rings (SSSR count). The van der Waals surface area contributed by atoms with Crippen molar-refractivity contribution in [3.05, 3.63) is 0 Å². The van der Waals surface area contributed by atoms with Crippen LogP contribution < -0.4 is 5.73 Å². The highest BCUT2D eigenvalue weighted by Gasteiger charge is 2.63. The summed E-state index contributed by atoms with van der Waals surface area (Å²) in [6, 6.07) is 0. The van der Waals surface area contributed by atoms with Gasteiger partial charge in [0.1, 0.15) is 5.54 Å². The maximum absolute atomic E-state index is 13.0. The summed E-state index contributed by atoms with van der Waals surface area (Å²) in [4.78, 5) is 29.0. The van der Waals surface area contributed by atoms with Crippen molar-refractivity contribution in [3.8, 4) is 0 Å². The quantitative estimate of drug-likeness (QED) is 0.839. The number of nitrogens with two attached hydrogens (primary N) is 1. The minimum Gasteiger partial charge on any atom is -0.378 e. The van der Waals surface area contributed by atoms with E-state index >= 15 is 0 Å². The summed E-state index contributed by atoms with van der Waals surface area (Å²) in [5.41, 5.74) is 4.85. The second kappa shape index (κ2) is 6.30. The molecule has 138 valence electrons. The predicted octanol–water partition coefficient (Wildman–Crippen LogP) is 1.24. The van der Waals surface area contributed by atoms with Crippen LogP contribution in [0.4, 0.5) is 0 Å². The van der Waals surface area contributed by atoms with E-state index in [-0.39, 0.29) is 28.7 Å². The molecule has 2 N–H and O–H groups in total. The third-order valence-corrected chi connectivity index (χ3v) is 5.71. The first kappa shape index (κ1) is 19.2. The maximum atomic E-state index is 13.0. The number of piperazine rings is 1. The van der Waals surface area contributed by atoms with Crippen LogP contribution in [0.5, 0.6) is 0 Å². The average molecular weight is 339 g/mol. The zero-order valence-corrected chi connectivity index (χ0v) is 16.0. The van der Waals surface area contributed by atoms with Crippen LogP contribution in [0.3, 0.4) is 0 Å². The van der Waals surface area contributed by atoms with Gasteiger partial charge in [0.15, 0.2) is 0 Å². The van der Waals surface area contributed by atoms with Crippen LogP contribution in [0.15, 0.2) is 0 Å². The summed E-state index contributed by atoms with van der Waals surface area (Å²) in [6.07, 6.45) is 0.591. The van der Waals surface area contributed by atoms with Crippen LogP contribution in [-0.2, 0) is 14.3 Å². The summed E-state index contributed by atoms with van der Waals surface area (Å²) >= 11 is 0. The van der Waals surface area contributed by atoms with Crippen molar-refractivity contribution >= 4 is 11.8 Å². The lowest BCUT2D eigenvalue weighted by Gasteiger charge is -2.59. The third kappa shape index (κ3) is 3.06. The van der Waals surface area contributed by atoms with Crippen molar-refractivity contribution in [2.75, 3.05) is 32.8 Å². The van der Waals surface area contributed by atoms with Crippen molar-refractivity contribution in [1.82, 2.24) is 9.80 Å². The van der Waals surface area contributed by atoms with Crippen molar-refractivity contribution in [3.63, 3.8) is 0 Å². The molecular weight excluding hydrogens is 306 g/mol. The lowest BCUT2D eigenvalue weighted by atomic mass is 9.54. The number of ether oxygens (including phenoxy) is 1. The van der Waals surface area contributed by atoms with E-state index in [0.29, 0.717) is 39.2 Å². The monoisotopic (exact) mass is 339 g/mol. The Morgan fingerprint density at radius 1 is 1.12 bits per heavy atom. The van der Waals surface area contributed by atoms with Crippen molar-refractivity contribution < 1.29 is 14.3 Å². The third-order valence-electron chi connectivity index (χ3n) is 5.71. The highest BCUT2D eigenvalue weighted by molar-refractivity contribution is 5.89. The van der Waals surface area contributed by atoms with E-state index < -0.39 is 5.54 Å². The lowest BCUT2D eigenvalue weighted by molar-refractivity contribution is -0.181. The Morgan fingerprint density at radius 2 is 1.62 bits per heavy atom. The SMILES string of the molecule is CCOC1CC(N)(C(=O)N2CCN(C(=O)C(C)(C)C)CC2)C1(C)C. The van der Waals surface area contributed by atoms with Crippen LogP contribution in [-0.4, -0.2) is 66.0 Å². The smallest absolute Gasteiger partial charge is 0.243 e. The summed E-state index contributed by atoms with van der Waals surface area (Å²) in [5, 5.41) is 0. The highest BCUT2D eigenvalue weighted by atomic mass is 16.5. The molecule has 0 aromatic carbocycles. The summed E-state index contributed by atoms with van der Waals surface area (Å²) in [5.74, 6) is 0.128. The Hall–Kier alpha value is -1.14. The van der Waals surface area contributed by atoms with Gasteiger partial charge >= 0.3 is 0 Å². The molecule has 0 aromatic heterocycles. The van der Waals surface area contributed by atoms with Crippen LogP contribution in [0.25, 0.3) is 0 Å². The second-order valence-electron chi connectivity index (χ2n) is 8.68. The molecule has 6 heteroatoms. The molecule has 2 unspecified atom stereocenters. The molecule has 0 spiro atoms. The number of carbonyl (C=O) groups is 2. The Bertz CT molecular complexity index is 504. The molecule has 6 nitrogen and oxygen atoms in total. The van der Waals surface area contributed by atoms with Gasteiger partial charge in [0, 0.05) is 50.0 Å². The fraction of sp³-hybridized carbons (Fsp3) is 0.889. The number of amides is 2. The maximum Gasteiger partial charge on any atom is 0.243 e. The number of hydrogen-bond donors (Lipinski definition) is 1. The van der Waals surface area contributed by atoms with Gasteiger partial charge in [0.2, 0.25) is 11.8 Å². The molecule has 0 bridgehead atoms. The number of nitrogens with zero attached hydrogens (tertiary/aromatic N) is 2. The Balaban J connectivity index is 1.98. The van der Waals surface area contributed by atoms with Gasteiger partial charge in [-0.1, -0.05) is 34.6 Å². The summed E-state index contributed by atoms with van der Waals surface area (Å²) in [6.45, 7) is 14.6. The molecule has 0 radical (unpaired) electrons. The Morgan fingerprint density at radius 3 is 2.04 bits per heavy atom. The summed E-state index contributed by atoms with van der Waals surface area (Å²) in [7, 11) is 0. The molecule has 2 fully saturated rings. The number of hydrogen-bond acceptors (Lipinski definition) is 4.